The van der Waals surface area contributed by atoms with Gasteiger partial charge in [0.25, 0.3) is 0 Å². The van der Waals surface area contributed by atoms with Crippen molar-refractivity contribution in [2.75, 3.05) is 0 Å². The van der Waals surface area contributed by atoms with Gasteiger partial charge in [-0.15, -0.1) is 11.3 Å². The molecule has 2 aromatic heterocycles. The van der Waals surface area contributed by atoms with Crippen molar-refractivity contribution < 1.29 is 0 Å². The van der Waals surface area contributed by atoms with Crippen molar-refractivity contribution in [2.24, 2.45) is 0 Å². The average molecular weight is 269 g/mol. The summed E-state index contributed by atoms with van der Waals surface area (Å²) in [7, 11) is 0. The standard InChI is InChI=1S/C15H15N3S/c1-11-4-6-12(7-5-11)8-9-14-16-15(18-17-14)13-3-2-10-19-13/h2-7,10H,8-9H2,1H3,(H,16,17,18). The summed E-state index contributed by atoms with van der Waals surface area (Å²) < 4.78 is 0. The van der Waals surface area contributed by atoms with Gasteiger partial charge < -0.3 is 0 Å². The van der Waals surface area contributed by atoms with E-state index in [1.54, 1.807) is 11.3 Å². The van der Waals surface area contributed by atoms with Crippen molar-refractivity contribution in [3.63, 3.8) is 0 Å². The van der Waals surface area contributed by atoms with Crippen LogP contribution in [0.2, 0.25) is 0 Å². The second-order valence-corrected chi connectivity index (χ2v) is 5.52. The smallest absolute Gasteiger partial charge is 0.191 e. The van der Waals surface area contributed by atoms with Crippen LogP contribution in [-0.2, 0) is 12.8 Å². The summed E-state index contributed by atoms with van der Waals surface area (Å²) in [6.07, 6.45) is 1.88. The summed E-state index contributed by atoms with van der Waals surface area (Å²) in [6.45, 7) is 2.10. The molecule has 0 amide bonds. The molecule has 3 nitrogen and oxygen atoms in total. The Morgan fingerprint density at radius 1 is 1.11 bits per heavy atom. The lowest BCUT2D eigenvalue weighted by molar-refractivity contribution is 0.864. The van der Waals surface area contributed by atoms with Crippen molar-refractivity contribution in [3.05, 3.63) is 58.7 Å². The summed E-state index contributed by atoms with van der Waals surface area (Å²) in [5.74, 6) is 1.75. The number of aromatic nitrogens is 3. The van der Waals surface area contributed by atoms with Gasteiger partial charge in [0.15, 0.2) is 5.82 Å². The third-order valence-electron chi connectivity index (χ3n) is 3.04. The van der Waals surface area contributed by atoms with Gasteiger partial charge in [-0.05, 0) is 30.4 Å². The van der Waals surface area contributed by atoms with Crippen LogP contribution in [0.4, 0.5) is 0 Å². The second kappa shape index (κ2) is 5.36. The Hall–Kier alpha value is -1.94. The minimum absolute atomic E-state index is 0.800. The van der Waals surface area contributed by atoms with Crippen LogP contribution in [0.25, 0.3) is 10.7 Å². The molecule has 4 heteroatoms. The maximum atomic E-state index is 4.53. The van der Waals surface area contributed by atoms with Crippen LogP contribution < -0.4 is 0 Å². The van der Waals surface area contributed by atoms with Crippen molar-refractivity contribution in [3.8, 4) is 10.7 Å². The molecule has 0 bridgehead atoms. The molecule has 0 spiro atoms. The molecule has 3 rings (SSSR count). The van der Waals surface area contributed by atoms with E-state index in [1.165, 1.54) is 11.1 Å². The van der Waals surface area contributed by atoms with Gasteiger partial charge in [0.1, 0.15) is 5.82 Å². The van der Waals surface area contributed by atoms with E-state index >= 15 is 0 Å². The first-order valence-corrected chi connectivity index (χ1v) is 7.20. The van der Waals surface area contributed by atoms with Gasteiger partial charge in [-0.3, -0.25) is 5.10 Å². The Balaban J connectivity index is 1.66. The van der Waals surface area contributed by atoms with E-state index in [9.17, 15) is 0 Å². The lowest BCUT2D eigenvalue weighted by Crippen LogP contribution is -1.93. The van der Waals surface area contributed by atoms with Gasteiger partial charge in [0.05, 0.1) is 4.88 Å². The summed E-state index contributed by atoms with van der Waals surface area (Å²) in [4.78, 5) is 5.64. The van der Waals surface area contributed by atoms with Crippen molar-refractivity contribution in [1.82, 2.24) is 15.2 Å². The quantitative estimate of drug-likeness (QED) is 0.786. The predicted octanol–water partition coefficient (Wildman–Crippen LogP) is 3.63. The SMILES string of the molecule is Cc1ccc(CCc2nc(-c3cccs3)n[nH]2)cc1. The third-order valence-corrected chi connectivity index (χ3v) is 3.91. The van der Waals surface area contributed by atoms with Crippen molar-refractivity contribution >= 4 is 11.3 Å². The van der Waals surface area contributed by atoms with Crippen LogP contribution in [0.15, 0.2) is 41.8 Å². The number of aromatic amines is 1. The summed E-state index contributed by atoms with van der Waals surface area (Å²) >= 11 is 1.66. The lowest BCUT2D eigenvalue weighted by Gasteiger charge is -1.99. The number of benzene rings is 1. The highest BCUT2D eigenvalue weighted by Gasteiger charge is 2.06. The number of aryl methyl sites for hydroxylation is 3. The molecule has 0 saturated carbocycles. The fraction of sp³-hybridized carbons (Fsp3) is 0.200. The summed E-state index contributed by atoms with van der Waals surface area (Å²) in [5.41, 5.74) is 2.63. The fourth-order valence-electron chi connectivity index (χ4n) is 1.94. The molecule has 96 valence electrons. The Morgan fingerprint density at radius 2 is 1.95 bits per heavy atom. The highest BCUT2D eigenvalue weighted by Crippen LogP contribution is 2.20. The van der Waals surface area contributed by atoms with Gasteiger partial charge in [-0.25, -0.2) is 4.98 Å². The number of H-pyrrole nitrogens is 1. The van der Waals surface area contributed by atoms with Crippen LogP contribution in [0, 0.1) is 6.92 Å². The Bertz CT molecular complexity index is 638. The van der Waals surface area contributed by atoms with Crippen LogP contribution in [0.1, 0.15) is 17.0 Å². The molecule has 0 saturated heterocycles. The van der Waals surface area contributed by atoms with E-state index in [-0.39, 0.29) is 0 Å². The summed E-state index contributed by atoms with van der Waals surface area (Å²) in [6, 6.07) is 12.7. The van der Waals surface area contributed by atoms with E-state index < -0.39 is 0 Å². The van der Waals surface area contributed by atoms with Crippen LogP contribution in [-0.4, -0.2) is 15.2 Å². The number of hydrogen-bond acceptors (Lipinski definition) is 3. The first-order valence-electron chi connectivity index (χ1n) is 6.32. The van der Waals surface area contributed by atoms with Gasteiger partial charge in [0.2, 0.25) is 0 Å². The molecule has 0 aliphatic rings. The molecular formula is C15H15N3S. The van der Waals surface area contributed by atoms with Crippen molar-refractivity contribution in [1.29, 1.82) is 0 Å². The van der Waals surface area contributed by atoms with Crippen LogP contribution in [0.3, 0.4) is 0 Å². The molecule has 0 unspecified atom stereocenters. The fourth-order valence-corrected chi connectivity index (χ4v) is 2.60. The largest absolute Gasteiger partial charge is 0.263 e. The van der Waals surface area contributed by atoms with Gasteiger partial charge in [-0.2, -0.15) is 5.10 Å². The Labute approximate surface area is 116 Å². The Kier molecular flexibility index (Phi) is 3.42. The second-order valence-electron chi connectivity index (χ2n) is 4.57. The molecule has 1 N–H and O–H groups in total. The molecule has 0 fully saturated rings. The normalized spacial score (nSPS) is 10.8. The van der Waals surface area contributed by atoms with Crippen LogP contribution in [0.5, 0.6) is 0 Å². The van der Waals surface area contributed by atoms with E-state index in [2.05, 4.69) is 46.4 Å². The van der Waals surface area contributed by atoms with Crippen molar-refractivity contribution in [2.45, 2.75) is 19.8 Å². The number of thiophene rings is 1. The van der Waals surface area contributed by atoms with E-state index in [4.69, 9.17) is 0 Å². The molecule has 0 radical (unpaired) electrons. The van der Waals surface area contributed by atoms with Gasteiger partial charge >= 0.3 is 0 Å². The van der Waals surface area contributed by atoms with E-state index in [0.717, 1.165) is 29.4 Å². The zero-order valence-corrected chi connectivity index (χ0v) is 11.6. The molecule has 2 heterocycles. The zero-order valence-electron chi connectivity index (χ0n) is 10.8. The first kappa shape index (κ1) is 12.1. The summed E-state index contributed by atoms with van der Waals surface area (Å²) in [5, 5.41) is 9.32. The third kappa shape index (κ3) is 2.90. The number of hydrogen-bond donors (Lipinski definition) is 1. The number of rotatable bonds is 4. The average Bonchev–Trinajstić information content (AvgIpc) is 3.09. The van der Waals surface area contributed by atoms with Crippen LogP contribution >= 0.6 is 11.3 Å². The highest BCUT2D eigenvalue weighted by molar-refractivity contribution is 7.13. The minimum Gasteiger partial charge on any atom is -0.263 e. The molecule has 0 aliphatic heterocycles. The molecule has 19 heavy (non-hydrogen) atoms. The molecular weight excluding hydrogens is 254 g/mol. The predicted molar refractivity (Wildman–Crippen MR) is 78.3 cm³/mol. The number of nitrogens with zero attached hydrogens (tertiary/aromatic N) is 2. The monoisotopic (exact) mass is 269 g/mol. The Morgan fingerprint density at radius 3 is 2.68 bits per heavy atom. The minimum atomic E-state index is 0.800. The molecule has 1 aromatic carbocycles. The lowest BCUT2D eigenvalue weighted by atomic mass is 10.1. The first-order chi connectivity index (χ1) is 9.31. The molecule has 3 aromatic rings. The highest BCUT2D eigenvalue weighted by atomic mass is 32.1. The van der Waals surface area contributed by atoms with Gasteiger partial charge in [0, 0.05) is 6.42 Å². The topological polar surface area (TPSA) is 41.6 Å². The molecule has 0 aliphatic carbocycles. The maximum Gasteiger partial charge on any atom is 0.191 e. The molecule has 0 atom stereocenters. The zero-order chi connectivity index (χ0) is 13.1. The van der Waals surface area contributed by atoms with E-state index in [1.807, 2.05) is 17.5 Å². The van der Waals surface area contributed by atoms with E-state index in [0.29, 0.717) is 0 Å². The number of nitrogens with one attached hydrogen (secondary N) is 1. The maximum absolute atomic E-state index is 4.53. The van der Waals surface area contributed by atoms with Gasteiger partial charge in [-0.1, -0.05) is 35.9 Å².